The van der Waals surface area contributed by atoms with Crippen LogP contribution >= 0.6 is 50.5 Å². The fourth-order valence-electron chi connectivity index (χ4n) is 1.40. The first kappa shape index (κ1) is 13.1. The third-order valence-corrected chi connectivity index (χ3v) is 3.53. The van der Waals surface area contributed by atoms with Gasteiger partial charge in [-0.25, -0.2) is 0 Å². The number of anilines is 2. The third-order valence-electron chi connectivity index (χ3n) is 2.23. The summed E-state index contributed by atoms with van der Waals surface area (Å²) in [5.74, 6) is 0. The Morgan fingerprint density at radius 3 is 1.41 bits per heavy atom. The minimum absolute atomic E-state index is 0.847. The van der Waals surface area contributed by atoms with E-state index in [-0.39, 0.29) is 0 Å². The topological polar surface area (TPSA) is 12.0 Å². The zero-order valence-electron chi connectivity index (χ0n) is 8.75. The second-order valence-electron chi connectivity index (χ2n) is 3.53. The van der Waals surface area contributed by atoms with Crippen LogP contribution in [0.15, 0.2) is 56.0 Å². The molecule has 5 heteroatoms. The van der Waals surface area contributed by atoms with Crippen molar-refractivity contribution in [3.8, 4) is 0 Å². The molecule has 88 valence electrons. The largest absolute Gasteiger partial charge is 0.354 e. The Morgan fingerprint density at radius 1 is 0.647 bits per heavy atom. The first-order valence-electron chi connectivity index (χ1n) is 4.87. The van der Waals surface area contributed by atoms with Crippen LogP contribution in [0.1, 0.15) is 0 Å². The van der Waals surface area contributed by atoms with Gasteiger partial charge in [-0.1, -0.05) is 0 Å². The van der Waals surface area contributed by atoms with Crippen LogP contribution in [0.2, 0.25) is 0 Å². The summed E-state index contributed by atoms with van der Waals surface area (Å²) in [6.07, 6.45) is 0. The second-order valence-corrected chi connectivity index (χ2v) is 5.52. The van der Waals surface area contributed by atoms with Gasteiger partial charge < -0.3 is 5.32 Å². The van der Waals surface area contributed by atoms with Gasteiger partial charge in [0.15, 0.2) is 0 Å². The van der Waals surface area contributed by atoms with Crippen molar-refractivity contribution in [2.45, 2.75) is 19.6 Å². The number of hydrogen-bond acceptors (Lipinski definition) is 5. The number of nitrogens with one attached hydrogen (secondary N) is 1. The van der Waals surface area contributed by atoms with Crippen molar-refractivity contribution in [2.24, 2.45) is 0 Å². The van der Waals surface area contributed by atoms with Gasteiger partial charge in [-0.3, -0.25) is 0 Å². The van der Waals surface area contributed by atoms with Gasteiger partial charge >= 0.3 is 0 Å². The van der Waals surface area contributed by atoms with Gasteiger partial charge in [0, 0.05) is 19.6 Å². The smallest absolute Gasteiger partial charge is 0.0520 e. The van der Waals surface area contributed by atoms with Crippen LogP contribution in [-0.4, -0.2) is 0 Å². The van der Waals surface area contributed by atoms with Crippen LogP contribution in [0.5, 0.6) is 0 Å². The molecule has 2 aromatic carbocycles. The summed E-state index contributed by atoms with van der Waals surface area (Å²) >= 11 is 17.3. The molecular formula is C12H11NS4. The molecule has 0 spiro atoms. The average Bonchev–Trinajstić information content (AvgIpc) is 2.25. The minimum Gasteiger partial charge on any atom is -0.354 e. The minimum atomic E-state index is 0.847. The van der Waals surface area contributed by atoms with Gasteiger partial charge in [0.05, 0.1) is 11.4 Å². The summed E-state index contributed by atoms with van der Waals surface area (Å²) in [6, 6.07) is 11.5. The van der Waals surface area contributed by atoms with Gasteiger partial charge in [0.25, 0.3) is 0 Å². The number of hydrogen-bond donors (Lipinski definition) is 5. The van der Waals surface area contributed by atoms with E-state index in [1.165, 1.54) is 0 Å². The zero-order chi connectivity index (χ0) is 12.4. The van der Waals surface area contributed by atoms with E-state index in [1.807, 2.05) is 36.4 Å². The van der Waals surface area contributed by atoms with E-state index in [4.69, 9.17) is 0 Å². The van der Waals surface area contributed by atoms with Crippen molar-refractivity contribution >= 4 is 61.9 Å². The molecule has 0 heterocycles. The molecule has 17 heavy (non-hydrogen) atoms. The molecule has 0 aliphatic heterocycles. The molecule has 0 amide bonds. The molecule has 0 atom stereocenters. The molecule has 1 N–H and O–H groups in total. The Bertz CT molecular complexity index is 505. The summed E-state index contributed by atoms with van der Waals surface area (Å²) in [6.45, 7) is 0. The normalized spacial score (nSPS) is 10.4. The van der Waals surface area contributed by atoms with Crippen molar-refractivity contribution in [3.63, 3.8) is 0 Å². The summed E-state index contributed by atoms with van der Waals surface area (Å²) in [5.41, 5.74) is 1.85. The van der Waals surface area contributed by atoms with Gasteiger partial charge in [-0.2, -0.15) is 0 Å². The van der Waals surface area contributed by atoms with Gasteiger partial charge in [0.1, 0.15) is 0 Å². The molecule has 0 saturated carbocycles. The number of rotatable bonds is 2. The van der Waals surface area contributed by atoms with E-state index in [0.717, 1.165) is 31.0 Å². The predicted octanol–water partition coefficient (Wildman–Crippen LogP) is 4.59. The highest BCUT2D eigenvalue weighted by molar-refractivity contribution is 7.81. The highest BCUT2D eigenvalue weighted by atomic mass is 32.1. The van der Waals surface area contributed by atoms with Crippen molar-refractivity contribution in [2.75, 3.05) is 5.32 Å². The molecule has 0 aromatic heterocycles. The Morgan fingerprint density at radius 2 is 1.06 bits per heavy atom. The highest BCUT2D eigenvalue weighted by Gasteiger charge is 2.03. The van der Waals surface area contributed by atoms with Crippen molar-refractivity contribution in [1.82, 2.24) is 0 Å². The molecule has 0 saturated heterocycles. The van der Waals surface area contributed by atoms with E-state index in [0.29, 0.717) is 0 Å². The second kappa shape index (κ2) is 5.52. The molecule has 0 fully saturated rings. The Labute approximate surface area is 123 Å². The number of benzene rings is 2. The molecule has 0 bridgehead atoms. The first-order chi connectivity index (χ1) is 8.06. The molecule has 0 unspecified atom stereocenters. The van der Waals surface area contributed by atoms with Crippen LogP contribution in [0.4, 0.5) is 11.4 Å². The summed E-state index contributed by atoms with van der Waals surface area (Å²) < 4.78 is 0. The third kappa shape index (κ3) is 3.31. The lowest BCUT2D eigenvalue weighted by molar-refractivity contribution is 1.29. The average molecular weight is 297 g/mol. The Balaban J connectivity index is 2.31. The van der Waals surface area contributed by atoms with E-state index in [2.05, 4.69) is 55.8 Å². The summed E-state index contributed by atoms with van der Waals surface area (Å²) in [4.78, 5) is 3.47. The Kier molecular flexibility index (Phi) is 4.25. The van der Waals surface area contributed by atoms with Crippen molar-refractivity contribution in [3.05, 3.63) is 36.4 Å². The number of thiol groups is 4. The van der Waals surface area contributed by atoms with E-state index >= 15 is 0 Å². The lowest BCUT2D eigenvalue weighted by Crippen LogP contribution is -1.93. The fraction of sp³-hybridized carbons (Fsp3) is 0. The maximum Gasteiger partial charge on any atom is 0.0520 e. The zero-order valence-corrected chi connectivity index (χ0v) is 12.3. The van der Waals surface area contributed by atoms with Gasteiger partial charge in [0.2, 0.25) is 0 Å². The van der Waals surface area contributed by atoms with Crippen LogP contribution in [0, 0.1) is 0 Å². The molecule has 0 aliphatic carbocycles. The molecule has 0 radical (unpaired) electrons. The summed E-state index contributed by atoms with van der Waals surface area (Å²) in [5, 5.41) is 3.27. The standard InChI is InChI=1S/C12H11NS4/c14-7-1-3-9(11(16)5-7)13-10-4-2-8(15)6-12(10)17/h1-6,13-17H. The molecular weight excluding hydrogens is 286 g/mol. The molecule has 0 aliphatic rings. The van der Waals surface area contributed by atoms with E-state index < -0.39 is 0 Å². The van der Waals surface area contributed by atoms with Gasteiger partial charge in [-0.05, 0) is 36.4 Å². The maximum atomic E-state index is 4.40. The van der Waals surface area contributed by atoms with Crippen molar-refractivity contribution in [1.29, 1.82) is 0 Å². The molecule has 1 nitrogen and oxygen atoms in total. The van der Waals surface area contributed by atoms with E-state index in [1.54, 1.807) is 0 Å². The van der Waals surface area contributed by atoms with Crippen LogP contribution in [0.3, 0.4) is 0 Å². The fourth-order valence-corrected chi connectivity index (χ4v) is 2.55. The quantitative estimate of drug-likeness (QED) is 0.511. The lowest BCUT2D eigenvalue weighted by Gasteiger charge is -2.11. The SMILES string of the molecule is Sc1ccc(Nc2ccc(S)cc2S)c(S)c1. The molecule has 2 aromatic rings. The summed E-state index contributed by atoms with van der Waals surface area (Å²) in [7, 11) is 0. The lowest BCUT2D eigenvalue weighted by atomic mass is 10.2. The maximum absolute atomic E-state index is 4.40. The monoisotopic (exact) mass is 297 g/mol. The van der Waals surface area contributed by atoms with Crippen LogP contribution in [-0.2, 0) is 0 Å². The molecule has 2 rings (SSSR count). The van der Waals surface area contributed by atoms with Crippen LogP contribution < -0.4 is 5.32 Å². The first-order valence-corrected chi connectivity index (χ1v) is 6.66. The predicted molar refractivity (Wildman–Crippen MR) is 85.2 cm³/mol. The Hall–Kier alpha value is -0.360. The highest BCUT2D eigenvalue weighted by Crippen LogP contribution is 2.30. The van der Waals surface area contributed by atoms with Crippen molar-refractivity contribution < 1.29 is 0 Å². The van der Waals surface area contributed by atoms with Crippen LogP contribution in [0.25, 0.3) is 0 Å². The van der Waals surface area contributed by atoms with E-state index in [9.17, 15) is 0 Å². The van der Waals surface area contributed by atoms with Gasteiger partial charge in [-0.15, -0.1) is 50.5 Å².